The third-order valence-electron chi connectivity index (χ3n) is 4.98. The Morgan fingerprint density at radius 1 is 1.21 bits per heavy atom. The van der Waals surface area contributed by atoms with Crippen LogP contribution in [0.15, 0.2) is 30.4 Å². The quantitative estimate of drug-likeness (QED) is 0.430. The van der Waals surface area contributed by atoms with Crippen LogP contribution in [-0.4, -0.2) is 48.3 Å². The molecule has 1 saturated heterocycles. The molecular formula is C20H21ClN2O6. The highest BCUT2D eigenvalue weighted by Crippen LogP contribution is 2.35. The maximum Gasteiger partial charge on any atom is 0.326 e. The average Bonchev–Trinajstić information content (AvgIpc) is 2.93. The Kier molecular flexibility index (Phi) is 6.22. The van der Waals surface area contributed by atoms with Gasteiger partial charge in [-0.2, -0.15) is 0 Å². The number of anilines is 1. The summed E-state index contributed by atoms with van der Waals surface area (Å²) in [5.41, 5.74) is 0.328. The van der Waals surface area contributed by atoms with Gasteiger partial charge < -0.3 is 14.8 Å². The Morgan fingerprint density at radius 3 is 2.41 bits per heavy atom. The Morgan fingerprint density at radius 2 is 1.83 bits per heavy atom. The van der Waals surface area contributed by atoms with Gasteiger partial charge >= 0.3 is 5.97 Å². The van der Waals surface area contributed by atoms with Crippen LogP contribution in [0.4, 0.5) is 5.69 Å². The molecule has 3 rings (SSSR count). The average molecular weight is 421 g/mol. The molecule has 0 aromatic heterocycles. The summed E-state index contributed by atoms with van der Waals surface area (Å²) in [6.07, 6.45) is 3.56. The molecule has 29 heavy (non-hydrogen) atoms. The first-order chi connectivity index (χ1) is 13.8. The summed E-state index contributed by atoms with van der Waals surface area (Å²) >= 11 is 5.93. The van der Waals surface area contributed by atoms with Gasteiger partial charge in [0.2, 0.25) is 11.8 Å². The second-order valence-corrected chi connectivity index (χ2v) is 7.32. The number of imide groups is 1. The number of hydrogen-bond acceptors (Lipinski definition) is 6. The van der Waals surface area contributed by atoms with Crippen LogP contribution in [0.5, 0.6) is 5.75 Å². The van der Waals surface area contributed by atoms with Gasteiger partial charge in [-0.1, -0.05) is 23.8 Å². The van der Waals surface area contributed by atoms with Crippen molar-refractivity contribution in [2.45, 2.75) is 25.9 Å². The van der Waals surface area contributed by atoms with E-state index in [0.717, 1.165) is 4.90 Å². The topological polar surface area (TPSA) is 102 Å². The fourth-order valence-corrected chi connectivity index (χ4v) is 3.63. The fraction of sp³-hybridized carbons (Fsp3) is 0.400. The van der Waals surface area contributed by atoms with Gasteiger partial charge in [-0.3, -0.25) is 24.1 Å². The van der Waals surface area contributed by atoms with Crippen molar-refractivity contribution in [3.63, 3.8) is 0 Å². The molecule has 0 radical (unpaired) electrons. The minimum atomic E-state index is -1.15. The zero-order chi connectivity index (χ0) is 21.1. The van der Waals surface area contributed by atoms with Crippen LogP contribution in [0, 0.1) is 11.8 Å². The molecule has 2 aliphatic rings. The van der Waals surface area contributed by atoms with Crippen molar-refractivity contribution in [1.82, 2.24) is 4.90 Å². The van der Waals surface area contributed by atoms with Crippen LogP contribution >= 0.6 is 11.6 Å². The normalized spacial score (nSPS) is 21.6. The number of amides is 3. The fourth-order valence-electron chi connectivity index (χ4n) is 3.45. The lowest BCUT2D eigenvalue weighted by atomic mass is 9.85. The number of nitrogens with zero attached hydrogens (tertiary/aromatic N) is 1. The lowest BCUT2D eigenvalue weighted by Crippen LogP contribution is -2.39. The summed E-state index contributed by atoms with van der Waals surface area (Å²) in [5, 5.41) is 2.97. The number of benzene rings is 1. The monoisotopic (exact) mass is 420 g/mol. The summed E-state index contributed by atoms with van der Waals surface area (Å²) < 4.78 is 10.3. The summed E-state index contributed by atoms with van der Waals surface area (Å²) in [7, 11) is 1.44. The lowest BCUT2D eigenvalue weighted by molar-refractivity contribution is -0.158. The number of likely N-dealkylation sites (tertiary alicyclic amines) is 1. The molecule has 1 aliphatic carbocycles. The zero-order valence-corrected chi connectivity index (χ0v) is 16.8. The van der Waals surface area contributed by atoms with Crippen LogP contribution in [-0.2, 0) is 23.9 Å². The number of allylic oxidation sites excluding steroid dienone is 2. The summed E-state index contributed by atoms with van der Waals surface area (Å²) in [4.78, 5) is 50.3. The molecule has 9 heteroatoms. The van der Waals surface area contributed by atoms with Crippen molar-refractivity contribution in [2.24, 2.45) is 11.8 Å². The van der Waals surface area contributed by atoms with Gasteiger partial charge in [0, 0.05) is 5.02 Å². The van der Waals surface area contributed by atoms with Crippen LogP contribution < -0.4 is 10.1 Å². The van der Waals surface area contributed by atoms with Crippen molar-refractivity contribution < 1.29 is 28.7 Å². The van der Waals surface area contributed by atoms with E-state index in [1.165, 1.54) is 20.1 Å². The van der Waals surface area contributed by atoms with Gasteiger partial charge in [-0.25, -0.2) is 0 Å². The van der Waals surface area contributed by atoms with E-state index >= 15 is 0 Å². The maximum absolute atomic E-state index is 12.4. The van der Waals surface area contributed by atoms with E-state index in [1.54, 1.807) is 12.1 Å². The highest BCUT2D eigenvalue weighted by molar-refractivity contribution is 6.31. The van der Waals surface area contributed by atoms with Crippen LogP contribution in [0.2, 0.25) is 5.02 Å². The largest absolute Gasteiger partial charge is 0.495 e. The highest BCUT2D eigenvalue weighted by Gasteiger charge is 2.47. The summed E-state index contributed by atoms with van der Waals surface area (Å²) in [6, 6.07) is 4.70. The second-order valence-electron chi connectivity index (χ2n) is 6.88. The third kappa shape index (κ3) is 4.42. The number of rotatable bonds is 6. The van der Waals surface area contributed by atoms with E-state index in [4.69, 9.17) is 21.1 Å². The van der Waals surface area contributed by atoms with Gasteiger partial charge in [-0.05, 0) is 38.0 Å². The number of ether oxygens (including phenoxy) is 2. The first kappa shape index (κ1) is 20.9. The molecule has 1 aliphatic heterocycles. The summed E-state index contributed by atoms with van der Waals surface area (Å²) in [6.45, 7) is 0.879. The van der Waals surface area contributed by atoms with Crippen LogP contribution in [0.1, 0.15) is 19.8 Å². The van der Waals surface area contributed by atoms with E-state index in [0.29, 0.717) is 29.3 Å². The number of carbonyl (C=O) groups is 4. The van der Waals surface area contributed by atoms with Gasteiger partial charge in [0.1, 0.15) is 12.3 Å². The Balaban J connectivity index is 1.58. The van der Waals surface area contributed by atoms with Crippen molar-refractivity contribution >= 4 is 41.0 Å². The van der Waals surface area contributed by atoms with E-state index < -0.39 is 36.4 Å². The van der Waals surface area contributed by atoms with Crippen molar-refractivity contribution in [2.75, 3.05) is 19.0 Å². The predicted octanol–water partition coefficient (Wildman–Crippen LogP) is 2.17. The van der Waals surface area contributed by atoms with Crippen LogP contribution in [0.3, 0.4) is 0 Å². The number of esters is 1. The van der Waals surface area contributed by atoms with Crippen molar-refractivity contribution in [1.29, 1.82) is 0 Å². The standard InChI is InChI=1S/C20H21ClN2O6/c1-11(18(25)22-15-9-12(21)7-8-16(15)28-2)29-17(24)10-23-19(26)13-5-3-4-6-14(13)20(23)27/h3-4,7-9,11,13-14H,5-6,10H2,1-2H3,(H,22,25)/t11-,13+,14+/m1/s1. The van der Waals surface area contributed by atoms with Gasteiger partial charge in [0.05, 0.1) is 24.6 Å². The number of carbonyl (C=O) groups excluding carboxylic acids is 4. The van der Waals surface area contributed by atoms with Crippen molar-refractivity contribution in [3.05, 3.63) is 35.4 Å². The van der Waals surface area contributed by atoms with Gasteiger partial charge in [0.15, 0.2) is 6.10 Å². The molecule has 0 unspecified atom stereocenters. The van der Waals surface area contributed by atoms with Crippen LogP contribution in [0.25, 0.3) is 0 Å². The second kappa shape index (κ2) is 8.65. The molecule has 1 heterocycles. The number of fused-ring (bicyclic) bond motifs is 1. The molecule has 3 atom stereocenters. The van der Waals surface area contributed by atoms with Crippen molar-refractivity contribution in [3.8, 4) is 5.75 Å². The Bertz CT molecular complexity index is 858. The molecular weight excluding hydrogens is 400 g/mol. The first-order valence-electron chi connectivity index (χ1n) is 9.16. The van der Waals surface area contributed by atoms with Gasteiger partial charge in [0.25, 0.3) is 5.91 Å². The van der Waals surface area contributed by atoms with E-state index in [-0.39, 0.29) is 11.8 Å². The number of hydrogen-bond donors (Lipinski definition) is 1. The van der Waals surface area contributed by atoms with E-state index in [2.05, 4.69) is 5.32 Å². The zero-order valence-electron chi connectivity index (χ0n) is 16.0. The predicted molar refractivity (Wildman–Crippen MR) is 104 cm³/mol. The SMILES string of the molecule is COc1ccc(Cl)cc1NC(=O)[C@@H](C)OC(=O)CN1C(=O)[C@H]2CC=CC[C@@H]2C1=O. The summed E-state index contributed by atoms with van der Waals surface area (Å²) in [5.74, 6) is -2.63. The minimum absolute atomic E-state index is 0.328. The number of methoxy groups -OCH3 is 1. The lowest BCUT2D eigenvalue weighted by Gasteiger charge is -2.18. The molecule has 3 amide bonds. The molecule has 1 N–H and O–H groups in total. The molecule has 154 valence electrons. The smallest absolute Gasteiger partial charge is 0.326 e. The molecule has 0 bridgehead atoms. The molecule has 1 aromatic carbocycles. The molecule has 0 saturated carbocycles. The van der Waals surface area contributed by atoms with Gasteiger partial charge in [-0.15, -0.1) is 0 Å². The molecule has 1 aromatic rings. The first-order valence-corrected chi connectivity index (χ1v) is 9.53. The highest BCUT2D eigenvalue weighted by atomic mass is 35.5. The molecule has 8 nitrogen and oxygen atoms in total. The minimum Gasteiger partial charge on any atom is -0.495 e. The third-order valence-corrected chi connectivity index (χ3v) is 5.22. The Labute approximate surface area is 172 Å². The van der Waals surface area contributed by atoms with E-state index in [1.807, 2.05) is 12.2 Å². The number of nitrogens with one attached hydrogen (secondary N) is 1. The maximum atomic E-state index is 12.4. The Hall–Kier alpha value is -2.87. The van der Waals surface area contributed by atoms with E-state index in [9.17, 15) is 19.2 Å². The number of halogens is 1. The molecule has 0 spiro atoms. The molecule has 1 fully saturated rings.